The Labute approximate surface area is 173 Å². The lowest BCUT2D eigenvalue weighted by molar-refractivity contribution is -0.148. The number of carbonyl (C=O) groups is 1. The van der Waals surface area contributed by atoms with Gasteiger partial charge in [-0.05, 0) is 31.5 Å². The lowest BCUT2D eigenvalue weighted by atomic mass is 9.98. The number of carbonyl (C=O) groups excluding carboxylic acids is 1. The number of nitriles is 2. The van der Waals surface area contributed by atoms with Gasteiger partial charge in [0.1, 0.15) is 23.6 Å². The van der Waals surface area contributed by atoms with Crippen LogP contribution in [0.4, 0.5) is 13.2 Å². The minimum atomic E-state index is -4.31. The Morgan fingerprint density at radius 1 is 1.29 bits per heavy atom. The molecule has 0 saturated carbocycles. The fourth-order valence-corrected chi connectivity index (χ4v) is 3.19. The van der Waals surface area contributed by atoms with E-state index in [0.29, 0.717) is 0 Å². The van der Waals surface area contributed by atoms with Gasteiger partial charge >= 0.3 is 5.92 Å². The zero-order valence-electron chi connectivity index (χ0n) is 16.1. The molecular formula is C20H13F3N6O2. The molecule has 1 unspecified atom stereocenters. The zero-order valence-corrected chi connectivity index (χ0v) is 16.1. The van der Waals surface area contributed by atoms with Gasteiger partial charge in [-0.1, -0.05) is 0 Å². The molecule has 1 atom stereocenters. The van der Waals surface area contributed by atoms with Crippen LogP contribution in [0.5, 0.6) is 0 Å². The summed E-state index contributed by atoms with van der Waals surface area (Å²) in [7, 11) is 0. The molecule has 0 bridgehead atoms. The number of halogens is 3. The van der Waals surface area contributed by atoms with Crippen molar-refractivity contribution in [2.45, 2.75) is 25.8 Å². The average molecular weight is 426 g/mol. The van der Waals surface area contributed by atoms with E-state index in [1.54, 1.807) is 12.1 Å². The number of aryl methyl sites for hydroxylation is 1. The number of H-pyrrole nitrogens is 1. The average Bonchev–Trinajstić information content (AvgIpc) is 2.72. The molecule has 0 aromatic carbocycles. The summed E-state index contributed by atoms with van der Waals surface area (Å²) in [5, 5.41) is 19.9. The first-order chi connectivity index (χ1) is 14.6. The highest BCUT2D eigenvalue weighted by molar-refractivity contribution is 5.91. The minimum Gasteiger partial charge on any atom is -0.342 e. The maximum absolute atomic E-state index is 15.0. The van der Waals surface area contributed by atoms with Crippen molar-refractivity contribution in [3.63, 3.8) is 0 Å². The van der Waals surface area contributed by atoms with Crippen LogP contribution in [0.1, 0.15) is 41.0 Å². The van der Waals surface area contributed by atoms with Gasteiger partial charge in [-0.2, -0.15) is 19.3 Å². The first-order valence-corrected chi connectivity index (χ1v) is 8.78. The predicted octanol–water partition coefficient (Wildman–Crippen LogP) is 2.48. The molecule has 3 aromatic rings. The van der Waals surface area contributed by atoms with Crippen molar-refractivity contribution < 1.29 is 18.0 Å². The van der Waals surface area contributed by atoms with Crippen molar-refractivity contribution in [2.75, 3.05) is 0 Å². The van der Waals surface area contributed by atoms with Crippen molar-refractivity contribution >= 4 is 16.8 Å². The van der Waals surface area contributed by atoms with E-state index in [0.717, 1.165) is 12.3 Å². The van der Waals surface area contributed by atoms with E-state index in [9.17, 15) is 19.2 Å². The largest absolute Gasteiger partial charge is 0.355 e. The van der Waals surface area contributed by atoms with Crippen LogP contribution in [0.15, 0.2) is 29.3 Å². The molecule has 0 radical (unpaired) electrons. The van der Waals surface area contributed by atoms with Crippen LogP contribution >= 0.6 is 0 Å². The third kappa shape index (κ3) is 3.69. The number of nitrogens with zero attached hydrogens (tertiary/aromatic N) is 4. The molecule has 11 heteroatoms. The molecule has 3 rings (SSSR count). The monoisotopic (exact) mass is 426 g/mol. The third-order valence-electron chi connectivity index (χ3n) is 4.64. The molecule has 2 N–H and O–H groups in total. The fourth-order valence-electron chi connectivity index (χ4n) is 3.19. The van der Waals surface area contributed by atoms with Gasteiger partial charge in [-0.25, -0.2) is 9.37 Å². The molecule has 156 valence electrons. The van der Waals surface area contributed by atoms with Crippen LogP contribution in [0.2, 0.25) is 0 Å². The lowest BCUT2D eigenvalue weighted by Crippen LogP contribution is -2.43. The van der Waals surface area contributed by atoms with Gasteiger partial charge < -0.3 is 10.3 Å². The fraction of sp³-hybridized carbons (Fsp3) is 0.200. The maximum Gasteiger partial charge on any atom is 0.355 e. The molecule has 0 saturated heterocycles. The number of rotatable bonds is 4. The Morgan fingerprint density at radius 2 is 2.00 bits per heavy atom. The van der Waals surface area contributed by atoms with Crippen molar-refractivity contribution in [3.05, 3.63) is 68.8 Å². The highest BCUT2D eigenvalue weighted by atomic mass is 19.3. The number of hydrogen-bond acceptors (Lipinski definition) is 6. The number of aromatic amines is 1. The van der Waals surface area contributed by atoms with Crippen LogP contribution in [0.25, 0.3) is 10.9 Å². The van der Waals surface area contributed by atoms with Gasteiger partial charge in [-0.15, -0.1) is 0 Å². The number of pyridine rings is 3. The van der Waals surface area contributed by atoms with Gasteiger partial charge in [-0.3, -0.25) is 14.6 Å². The van der Waals surface area contributed by atoms with E-state index in [-0.39, 0.29) is 33.4 Å². The summed E-state index contributed by atoms with van der Waals surface area (Å²) in [6.07, 6.45) is 2.27. The maximum atomic E-state index is 15.0. The van der Waals surface area contributed by atoms with Crippen LogP contribution in [0, 0.1) is 35.4 Å². The summed E-state index contributed by atoms with van der Waals surface area (Å²) in [6, 6.07) is 4.35. The summed E-state index contributed by atoms with van der Waals surface area (Å²) in [6.45, 7) is 2.41. The number of amides is 1. The highest BCUT2D eigenvalue weighted by Gasteiger charge is 2.46. The molecule has 0 aliphatic carbocycles. The van der Waals surface area contributed by atoms with Gasteiger partial charge in [0.15, 0.2) is 0 Å². The minimum absolute atomic E-state index is 0.0140. The van der Waals surface area contributed by atoms with Crippen LogP contribution in [0.3, 0.4) is 0 Å². The number of fused-ring (bicyclic) bond motifs is 1. The number of aromatic nitrogens is 3. The van der Waals surface area contributed by atoms with Crippen molar-refractivity contribution in [3.8, 4) is 12.1 Å². The van der Waals surface area contributed by atoms with E-state index >= 15 is 8.78 Å². The summed E-state index contributed by atoms with van der Waals surface area (Å²) in [5.41, 5.74) is -3.15. The number of nitrogens with one attached hydrogen (secondary N) is 2. The first-order valence-electron chi connectivity index (χ1n) is 8.78. The smallest absolute Gasteiger partial charge is 0.342 e. The normalized spacial score (nSPS) is 12.1. The van der Waals surface area contributed by atoms with Crippen molar-refractivity contribution in [1.82, 2.24) is 20.3 Å². The summed E-state index contributed by atoms with van der Waals surface area (Å²) >= 11 is 0. The SMILES string of the molecule is Cc1c(C(F)(F)C(=O)NC(C)c2ncc(C#N)cc2F)c(=O)[nH]c2ccnc(C#N)c12. The third-order valence-corrected chi connectivity index (χ3v) is 4.64. The molecule has 8 nitrogen and oxygen atoms in total. The zero-order chi connectivity index (χ0) is 22.9. The quantitative estimate of drug-likeness (QED) is 0.658. The molecule has 0 fully saturated rings. The second kappa shape index (κ2) is 7.88. The van der Waals surface area contributed by atoms with E-state index in [1.165, 1.54) is 26.1 Å². The summed E-state index contributed by atoms with van der Waals surface area (Å²) in [4.78, 5) is 34.5. The molecule has 0 aliphatic rings. The molecule has 31 heavy (non-hydrogen) atoms. The first kappa shape index (κ1) is 21.5. The van der Waals surface area contributed by atoms with Gasteiger partial charge in [0.25, 0.3) is 11.5 Å². The standard InChI is InChI=1S/C20H13F3N6O2/c1-9-15-13(3-4-26-14(15)7-25)29-18(30)16(9)20(22,23)19(31)28-10(2)17-12(21)5-11(6-24)8-27-17/h3-5,8,10H,1-2H3,(H,28,31)(H,29,30). The Bertz CT molecular complexity index is 1350. The Hall–Kier alpha value is -4.25. The van der Waals surface area contributed by atoms with Crippen LogP contribution in [-0.4, -0.2) is 20.9 Å². The van der Waals surface area contributed by atoms with Gasteiger partial charge in [0.05, 0.1) is 28.4 Å². The number of alkyl halides is 2. The Morgan fingerprint density at radius 3 is 2.61 bits per heavy atom. The van der Waals surface area contributed by atoms with Crippen LogP contribution in [-0.2, 0) is 10.7 Å². The van der Waals surface area contributed by atoms with E-state index in [4.69, 9.17) is 5.26 Å². The molecule has 3 aromatic heterocycles. The number of hydrogen-bond donors (Lipinski definition) is 2. The molecule has 0 aliphatic heterocycles. The van der Waals surface area contributed by atoms with E-state index < -0.39 is 34.8 Å². The van der Waals surface area contributed by atoms with E-state index in [1.807, 2.05) is 5.32 Å². The second-order valence-electron chi connectivity index (χ2n) is 6.62. The van der Waals surface area contributed by atoms with Crippen LogP contribution < -0.4 is 10.9 Å². The second-order valence-corrected chi connectivity index (χ2v) is 6.62. The predicted molar refractivity (Wildman–Crippen MR) is 101 cm³/mol. The molecule has 0 spiro atoms. The molecule has 1 amide bonds. The highest BCUT2D eigenvalue weighted by Crippen LogP contribution is 2.32. The van der Waals surface area contributed by atoms with Gasteiger partial charge in [0, 0.05) is 17.8 Å². The van der Waals surface area contributed by atoms with Gasteiger partial charge in [0.2, 0.25) is 0 Å². The lowest BCUT2D eigenvalue weighted by Gasteiger charge is -2.21. The molecule has 3 heterocycles. The molecular weight excluding hydrogens is 413 g/mol. The summed E-state index contributed by atoms with van der Waals surface area (Å²) in [5.74, 6) is -7.13. The Kier molecular flexibility index (Phi) is 5.45. The Balaban J connectivity index is 2.02. The topological polar surface area (TPSA) is 135 Å². The van der Waals surface area contributed by atoms with Crippen molar-refractivity contribution in [1.29, 1.82) is 10.5 Å². The van der Waals surface area contributed by atoms with Crippen molar-refractivity contribution in [2.24, 2.45) is 0 Å². The summed E-state index contributed by atoms with van der Waals surface area (Å²) < 4.78 is 44.2. The van der Waals surface area contributed by atoms with E-state index in [2.05, 4.69) is 15.0 Å².